The first-order valence-corrected chi connectivity index (χ1v) is 12.3. The molecule has 0 aliphatic heterocycles. The van der Waals surface area contributed by atoms with Crippen LogP contribution in [0.4, 0.5) is 5.13 Å². The molecule has 0 bridgehead atoms. The zero-order chi connectivity index (χ0) is 22.8. The van der Waals surface area contributed by atoms with Gasteiger partial charge >= 0.3 is 0 Å². The molecule has 7 heteroatoms. The lowest BCUT2D eigenvalue weighted by Gasteiger charge is -2.32. The van der Waals surface area contributed by atoms with Gasteiger partial charge in [0.25, 0.3) is 0 Å². The molecule has 1 saturated carbocycles. The summed E-state index contributed by atoms with van der Waals surface area (Å²) in [4.78, 5) is 33.1. The zero-order valence-electron chi connectivity index (χ0n) is 19.0. The van der Waals surface area contributed by atoms with E-state index in [9.17, 15) is 14.7 Å². The molecule has 0 unspecified atom stereocenters. The van der Waals surface area contributed by atoms with Crippen molar-refractivity contribution in [3.05, 3.63) is 46.6 Å². The maximum absolute atomic E-state index is 13.7. The van der Waals surface area contributed by atoms with E-state index in [2.05, 4.69) is 4.98 Å². The Morgan fingerprint density at radius 1 is 1.25 bits per heavy atom. The SMILES string of the molecule is Cc1c(CC(=O)N(c2nccs2)C2CCCCC2)c2cc(CO)ccc2n1C(=O)C(C)C. The van der Waals surface area contributed by atoms with Crippen LogP contribution in [0.5, 0.6) is 0 Å². The predicted molar refractivity (Wildman–Crippen MR) is 128 cm³/mol. The molecule has 1 amide bonds. The minimum atomic E-state index is -0.167. The highest BCUT2D eigenvalue weighted by Crippen LogP contribution is 2.32. The van der Waals surface area contributed by atoms with Crippen molar-refractivity contribution < 1.29 is 14.7 Å². The van der Waals surface area contributed by atoms with Crippen LogP contribution in [0.2, 0.25) is 0 Å². The smallest absolute Gasteiger partial charge is 0.233 e. The van der Waals surface area contributed by atoms with Crippen molar-refractivity contribution in [3.8, 4) is 0 Å². The minimum absolute atomic E-state index is 0.00649. The van der Waals surface area contributed by atoms with Crippen LogP contribution in [-0.4, -0.2) is 32.5 Å². The van der Waals surface area contributed by atoms with Gasteiger partial charge in [-0.3, -0.25) is 19.1 Å². The summed E-state index contributed by atoms with van der Waals surface area (Å²) in [6.07, 6.45) is 7.39. The zero-order valence-corrected chi connectivity index (χ0v) is 19.8. The second kappa shape index (κ2) is 9.55. The molecular formula is C25H31N3O3S. The van der Waals surface area contributed by atoms with E-state index in [1.807, 2.05) is 49.3 Å². The van der Waals surface area contributed by atoms with Gasteiger partial charge < -0.3 is 5.11 Å². The second-order valence-corrected chi connectivity index (χ2v) is 9.82. The van der Waals surface area contributed by atoms with Gasteiger partial charge in [0.2, 0.25) is 11.8 Å². The van der Waals surface area contributed by atoms with Crippen molar-refractivity contribution in [2.75, 3.05) is 4.90 Å². The van der Waals surface area contributed by atoms with Gasteiger partial charge in [0, 0.05) is 34.6 Å². The van der Waals surface area contributed by atoms with Crippen molar-refractivity contribution in [1.82, 2.24) is 9.55 Å². The Hall–Kier alpha value is -2.51. The van der Waals surface area contributed by atoms with Gasteiger partial charge in [-0.05, 0) is 43.0 Å². The van der Waals surface area contributed by atoms with Crippen molar-refractivity contribution in [2.45, 2.75) is 71.9 Å². The highest BCUT2D eigenvalue weighted by atomic mass is 32.1. The Labute approximate surface area is 192 Å². The van der Waals surface area contributed by atoms with Crippen LogP contribution in [0.3, 0.4) is 0 Å². The number of fused-ring (bicyclic) bond motifs is 1. The van der Waals surface area contributed by atoms with E-state index in [0.29, 0.717) is 0 Å². The average molecular weight is 454 g/mol. The van der Waals surface area contributed by atoms with Gasteiger partial charge in [0.15, 0.2) is 5.13 Å². The molecule has 170 valence electrons. The molecule has 1 aliphatic rings. The number of carbonyl (C=O) groups is 2. The number of aromatic nitrogens is 2. The Kier molecular flexibility index (Phi) is 6.76. The first-order valence-electron chi connectivity index (χ1n) is 11.4. The molecule has 2 aromatic heterocycles. The molecular weight excluding hydrogens is 422 g/mol. The summed E-state index contributed by atoms with van der Waals surface area (Å²) in [6, 6.07) is 5.79. The summed E-state index contributed by atoms with van der Waals surface area (Å²) in [6.45, 7) is 5.59. The monoisotopic (exact) mass is 453 g/mol. The van der Waals surface area contributed by atoms with Gasteiger partial charge in [0.05, 0.1) is 18.5 Å². The highest BCUT2D eigenvalue weighted by molar-refractivity contribution is 7.13. The summed E-state index contributed by atoms with van der Waals surface area (Å²) >= 11 is 1.49. The molecule has 1 fully saturated rings. The van der Waals surface area contributed by atoms with Gasteiger partial charge in [-0.25, -0.2) is 4.98 Å². The molecule has 3 aromatic rings. The molecule has 32 heavy (non-hydrogen) atoms. The lowest BCUT2D eigenvalue weighted by molar-refractivity contribution is -0.118. The maximum atomic E-state index is 13.7. The van der Waals surface area contributed by atoms with Crippen LogP contribution in [0.1, 0.15) is 67.6 Å². The molecule has 0 atom stereocenters. The van der Waals surface area contributed by atoms with E-state index in [1.54, 1.807) is 10.8 Å². The lowest BCUT2D eigenvalue weighted by atomic mass is 9.94. The Morgan fingerprint density at radius 3 is 2.62 bits per heavy atom. The van der Waals surface area contributed by atoms with E-state index >= 15 is 0 Å². The molecule has 1 N–H and O–H groups in total. The number of nitrogens with zero attached hydrogens (tertiary/aromatic N) is 3. The first kappa shape index (κ1) is 22.7. The molecule has 6 nitrogen and oxygen atoms in total. The van der Waals surface area contributed by atoms with Gasteiger partial charge in [0.1, 0.15) is 0 Å². The number of amides is 1. The van der Waals surface area contributed by atoms with E-state index < -0.39 is 0 Å². The summed E-state index contributed by atoms with van der Waals surface area (Å²) in [5, 5.41) is 13.2. The number of thiazole rings is 1. The van der Waals surface area contributed by atoms with Crippen LogP contribution in [0.15, 0.2) is 29.8 Å². The first-order chi connectivity index (χ1) is 15.4. The number of aliphatic hydroxyl groups excluding tert-OH is 1. The fourth-order valence-corrected chi connectivity index (χ4v) is 5.50. The summed E-state index contributed by atoms with van der Waals surface area (Å²) in [5.41, 5.74) is 3.21. The van der Waals surface area contributed by atoms with Crippen LogP contribution >= 0.6 is 11.3 Å². The van der Waals surface area contributed by atoms with Crippen LogP contribution < -0.4 is 4.90 Å². The van der Waals surface area contributed by atoms with Gasteiger partial charge in [-0.1, -0.05) is 39.2 Å². The third-order valence-electron chi connectivity index (χ3n) is 6.46. The number of anilines is 1. The molecule has 0 spiro atoms. The van der Waals surface area contributed by atoms with E-state index in [1.165, 1.54) is 17.8 Å². The van der Waals surface area contributed by atoms with Crippen LogP contribution in [0, 0.1) is 12.8 Å². The quantitative estimate of drug-likeness (QED) is 0.563. The van der Waals surface area contributed by atoms with Gasteiger partial charge in [-0.15, -0.1) is 11.3 Å². The lowest BCUT2D eigenvalue weighted by Crippen LogP contribution is -2.42. The summed E-state index contributed by atoms with van der Waals surface area (Å²) < 4.78 is 1.73. The summed E-state index contributed by atoms with van der Waals surface area (Å²) in [7, 11) is 0. The molecule has 4 rings (SSSR count). The fourth-order valence-electron chi connectivity index (χ4n) is 4.77. The molecule has 0 saturated heterocycles. The molecule has 1 aromatic carbocycles. The topological polar surface area (TPSA) is 75.4 Å². The van der Waals surface area contributed by atoms with E-state index in [4.69, 9.17) is 0 Å². The predicted octanol–water partition coefficient (Wildman–Crippen LogP) is 5.10. The number of aliphatic hydroxyl groups is 1. The average Bonchev–Trinajstić information content (AvgIpc) is 3.41. The normalized spacial score (nSPS) is 14.9. The fraction of sp³-hybridized carbons (Fsp3) is 0.480. The summed E-state index contributed by atoms with van der Waals surface area (Å²) in [5.74, 6) is -0.146. The molecule has 0 radical (unpaired) electrons. The van der Waals surface area contributed by atoms with Gasteiger partial charge in [-0.2, -0.15) is 0 Å². The Morgan fingerprint density at radius 2 is 2.00 bits per heavy atom. The Balaban J connectivity index is 1.77. The minimum Gasteiger partial charge on any atom is -0.392 e. The van der Waals surface area contributed by atoms with E-state index in [0.717, 1.165) is 58.5 Å². The number of carbonyl (C=O) groups excluding carboxylic acids is 2. The van der Waals surface area contributed by atoms with Crippen LogP contribution in [-0.2, 0) is 17.8 Å². The van der Waals surface area contributed by atoms with E-state index in [-0.39, 0.29) is 36.8 Å². The van der Waals surface area contributed by atoms with Crippen molar-refractivity contribution in [3.63, 3.8) is 0 Å². The maximum Gasteiger partial charge on any atom is 0.233 e. The van der Waals surface area contributed by atoms with Crippen molar-refractivity contribution in [1.29, 1.82) is 0 Å². The molecule has 1 aliphatic carbocycles. The largest absolute Gasteiger partial charge is 0.392 e. The standard InChI is InChI=1S/C25H31N3O3S/c1-16(2)24(31)27-17(3)20(21-13-18(15-29)9-10-22(21)27)14-23(30)28(25-26-11-12-32-25)19-7-5-4-6-8-19/h9-13,16,19,29H,4-8,14-15H2,1-3H3. The number of hydrogen-bond acceptors (Lipinski definition) is 5. The number of hydrogen-bond donors (Lipinski definition) is 1. The number of rotatable bonds is 6. The number of benzene rings is 1. The third kappa shape index (κ3) is 4.24. The van der Waals surface area contributed by atoms with Crippen molar-refractivity contribution >= 4 is 39.2 Å². The second-order valence-electron chi connectivity index (χ2n) is 8.95. The highest BCUT2D eigenvalue weighted by Gasteiger charge is 2.30. The third-order valence-corrected chi connectivity index (χ3v) is 7.23. The van der Waals surface area contributed by atoms with Crippen LogP contribution in [0.25, 0.3) is 10.9 Å². The Bertz CT molecular complexity index is 1110. The molecule has 2 heterocycles. The van der Waals surface area contributed by atoms with Crippen molar-refractivity contribution in [2.24, 2.45) is 5.92 Å².